The molecule has 1 aromatic heterocycles. The SMILES string of the molecule is Cc1nn(-c2ccccc2)c(COC(=O)CNC(=O)c2ccccc2)c1C#N. The minimum Gasteiger partial charge on any atom is -0.458 e. The van der Waals surface area contributed by atoms with Gasteiger partial charge in [-0.15, -0.1) is 0 Å². The number of nitriles is 1. The van der Waals surface area contributed by atoms with Gasteiger partial charge in [-0.05, 0) is 31.2 Å². The van der Waals surface area contributed by atoms with E-state index in [9.17, 15) is 14.9 Å². The van der Waals surface area contributed by atoms with Crippen molar-refractivity contribution >= 4 is 11.9 Å². The Bertz CT molecular complexity index is 1020. The maximum Gasteiger partial charge on any atom is 0.325 e. The van der Waals surface area contributed by atoms with E-state index >= 15 is 0 Å². The number of hydrogen-bond acceptors (Lipinski definition) is 5. The van der Waals surface area contributed by atoms with Crippen molar-refractivity contribution in [3.63, 3.8) is 0 Å². The van der Waals surface area contributed by atoms with Crippen LogP contribution in [0.1, 0.15) is 27.3 Å². The molecule has 0 radical (unpaired) electrons. The minimum atomic E-state index is -0.605. The summed E-state index contributed by atoms with van der Waals surface area (Å²) in [4.78, 5) is 24.0. The monoisotopic (exact) mass is 374 g/mol. The maximum atomic E-state index is 12.1. The Morgan fingerprint density at radius 2 is 1.75 bits per heavy atom. The first kappa shape index (κ1) is 18.9. The van der Waals surface area contributed by atoms with Gasteiger partial charge in [0, 0.05) is 5.56 Å². The van der Waals surface area contributed by atoms with Gasteiger partial charge in [-0.25, -0.2) is 4.68 Å². The van der Waals surface area contributed by atoms with Gasteiger partial charge in [0.1, 0.15) is 24.8 Å². The summed E-state index contributed by atoms with van der Waals surface area (Å²) in [5.41, 5.74) is 2.61. The molecular weight excluding hydrogens is 356 g/mol. The highest BCUT2D eigenvalue weighted by atomic mass is 16.5. The molecule has 1 heterocycles. The molecule has 28 heavy (non-hydrogen) atoms. The van der Waals surface area contributed by atoms with Crippen molar-refractivity contribution in [2.75, 3.05) is 6.54 Å². The molecule has 7 nitrogen and oxygen atoms in total. The van der Waals surface area contributed by atoms with Gasteiger partial charge in [0.05, 0.1) is 17.1 Å². The molecule has 3 aromatic rings. The fourth-order valence-electron chi connectivity index (χ4n) is 2.68. The molecule has 0 fully saturated rings. The van der Waals surface area contributed by atoms with Crippen molar-refractivity contribution in [1.82, 2.24) is 15.1 Å². The number of hydrogen-bond donors (Lipinski definition) is 1. The zero-order valence-corrected chi connectivity index (χ0v) is 15.3. The molecule has 0 unspecified atom stereocenters. The van der Waals surface area contributed by atoms with Gasteiger partial charge in [0.15, 0.2) is 0 Å². The summed E-state index contributed by atoms with van der Waals surface area (Å²) in [6, 6.07) is 20.0. The second kappa shape index (κ2) is 8.64. The molecule has 1 N–H and O–H groups in total. The van der Waals surface area contributed by atoms with Crippen LogP contribution in [-0.2, 0) is 16.1 Å². The quantitative estimate of drug-likeness (QED) is 0.669. The number of ether oxygens (including phenoxy) is 1. The number of carbonyl (C=O) groups is 2. The van der Waals surface area contributed by atoms with Crippen LogP contribution >= 0.6 is 0 Å². The fourth-order valence-corrected chi connectivity index (χ4v) is 2.68. The average Bonchev–Trinajstić information content (AvgIpc) is 3.07. The summed E-state index contributed by atoms with van der Waals surface area (Å²) in [5, 5.41) is 16.3. The van der Waals surface area contributed by atoms with E-state index in [1.54, 1.807) is 41.9 Å². The third-order valence-electron chi connectivity index (χ3n) is 4.07. The number of esters is 1. The van der Waals surface area contributed by atoms with Crippen LogP contribution < -0.4 is 5.32 Å². The van der Waals surface area contributed by atoms with Crippen LogP contribution in [0, 0.1) is 18.3 Å². The number of amides is 1. The lowest BCUT2D eigenvalue weighted by molar-refractivity contribution is -0.143. The predicted molar refractivity (Wildman–Crippen MR) is 102 cm³/mol. The molecule has 7 heteroatoms. The first-order valence-electron chi connectivity index (χ1n) is 8.63. The van der Waals surface area contributed by atoms with Gasteiger partial charge < -0.3 is 10.1 Å². The highest BCUT2D eigenvalue weighted by molar-refractivity contribution is 5.95. The molecule has 2 aromatic carbocycles. The number of benzene rings is 2. The van der Waals surface area contributed by atoms with Crippen molar-refractivity contribution in [3.8, 4) is 11.8 Å². The number of aryl methyl sites for hydroxylation is 1. The first-order chi connectivity index (χ1) is 13.6. The van der Waals surface area contributed by atoms with Crippen LogP contribution in [0.25, 0.3) is 5.69 Å². The van der Waals surface area contributed by atoms with E-state index < -0.39 is 5.97 Å². The minimum absolute atomic E-state index is 0.126. The van der Waals surface area contributed by atoms with E-state index in [0.29, 0.717) is 22.5 Å². The number of carbonyl (C=O) groups excluding carboxylic acids is 2. The molecule has 3 rings (SSSR count). The highest BCUT2D eigenvalue weighted by Crippen LogP contribution is 2.19. The lowest BCUT2D eigenvalue weighted by Crippen LogP contribution is -2.30. The molecule has 0 aliphatic carbocycles. The van der Waals surface area contributed by atoms with Gasteiger partial charge in [-0.1, -0.05) is 36.4 Å². The standard InChI is InChI=1S/C21H18N4O3/c1-15-18(12-22)19(25(24-15)17-10-6-3-7-11-17)14-28-20(26)13-23-21(27)16-8-4-2-5-9-16/h2-11H,13-14H2,1H3,(H,23,27). The summed E-state index contributed by atoms with van der Waals surface area (Å²) >= 11 is 0. The Morgan fingerprint density at radius 3 is 2.39 bits per heavy atom. The molecule has 0 saturated carbocycles. The Balaban J connectivity index is 1.66. The largest absolute Gasteiger partial charge is 0.458 e. The van der Waals surface area contributed by atoms with Gasteiger partial charge in [-0.2, -0.15) is 10.4 Å². The number of para-hydroxylation sites is 1. The second-order valence-corrected chi connectivity index (χ2v) is 5.98. The van der Waals surface area contributed by atoms with Crippen LogP contribution in [0.15, 0.2) is 60.7 Å². The van der Waals surface area contributed by atoms with Gasteiger partial charge in [0.2, 0.25) is 0 Å². The fraction of sp³-hybridized carbons (Fsp3) is 0.143. The molecule has 0 aliphatic heterocycles. The Hall–Kier alpha value is -3.92. The van der Waals surface area contributed by atoms with E-state index in [4.69, 9.17) is 4.74 Å². The van der Waals surface area contributed by atoms with Crippen molar-refractivity contribution in [2.45, 2.75) is 13.5 Å². The van der Waals surface area contributed by atoms with Crippen LogP contribution in [-0.4, -0.2) is 28.2 Å². The summed E-state index contributed by atoms with van der Waals surface area (Å²) in [5.74, 6) is -0.966. The van der Waals surface area contributed by atoms with Crippen LogP contribution in [0.3, 0.4) is 0 Å². The van der Waals surface area contributed by atoms with E-state index in [1.165, 1.54) is 0 Å². The van der Waals surface area contributed by atoms with E-state index in [2.05, 4.69) is 16.5 Å². The molecule has 0 saturated heterocycles. The molecule has 140 valence electrons. The average molecular weight is 374 g/mol. The van der Waals surface area contributed by atoms with Crippen LogP contribution in [0.5, 0.6) is 0 Å². The molecule has 0 atom stereocenters. The van der Waals surface area contributed by atoms with Crippen molar-refractivity contribution in [2.24, 2.45) is 0 Å². The molecule has 0 bridgehead atoms. The number of nitrogens with zero attached hydrogens (tertiary/aromatic N) is 3. The molecular formula is C21H18N4O3. The highest BCUT2D eigenvalue weighted by Gasteiger charge is 2.18. The first-order valence-corrected chi connectivity index (χ1v) is 8.63. The van der Waals surface area contributed by atoms with Crippen LogP contribution in [0.2, 0.25) is 0 Å². The van der Waals surface area contributed by atoms with E-state index in [-0.39, 0.29) is 19.1 Å². The predicted octanol–water partition coefficient (Wildman–Crippen LogP) is 2.53. The van der Waals surface area contributed by atoms with Crippen molar-refractivity contribution in [1.29, 1.82) is 5.26 Å². The smallest absolute Gasteiger partial charge is 0.325 e. The van der Waals surface area contributed by atoms with Gasteiger partial charge in [-0.3, -0.25) is 9.59 Å². The second-order valence-electron chi connectivity index (χ2n) is 5.98. The summed E-state index contributed by atoms with van der Waals surface area (Å²) in [7, 11) is 0. The third-order valence-corrected chi connectivity index (χ3v) is 4.07. The zero-order chi connectivity index (χ0) is 19.9. The normalized spacial score (nSPS) is 10.1. The summed E-state index contributed by atoms with van der Waals surface area (Å²) < 4.78 is 6.85. The zero-order valence-electron chi connectivity index (χ0n) is 15.3. The third kappa shape index (κ3) is 4.24. The van der Waals surface area contributed by atoms with Gasteiger partial charge >= 0.3 is 5.97 Å². The molecule has 0 aliphatic rings. The Morgan fingerprint density at radius 1 is 1.11 bits per heavy atom. The topological polar surface area (TPSA) is 97.0 Å². The van der Waals surface area contributed by atoms with E-state index in [1.807, 2.05) is 30.3 Å². The lowest BCUT2D eigenvalue weighted by Gasteiger charge is -2.09. The summed E-state index contributed by atoms with van der Waals surface area (Å²) in [6.45, 7) is 1.33. The molecule has 0 spiro atoms. The summed E-state index contributed by atoms with van der Waals surface area (Å²) in [6.07, 6.45) is 0. The maximum absolute atomic E-state index is 12.1. The van der Waals surface area contributed by atoms with E-state index in [0.717, 1.165) is 5.69 Å². The molecule has 1 amide bonds. The Kier molecular flexibility index (Phi) is 5.82. The van der Waals surface area contributed by atoms with Crippen LogP contribution in [0.4, 0.5) is 0 Å². The Labute approximate surface area is 162 Å². The number of rotatable bonds is 6. The van der Waals surface area contributed by atoms with Gasteiger partial charge in [0.25, 0.3) is 5.91 Å². The number of aromatic nitrogens is 2. The van der Waals surface area contributed by atoms with Crippen molar-refractivity contribution < 1.29 is 14.3 Å². The van der Waals surface area contributed by atoms with Crippen molar-refractivity contribution in [3.05, 3.63) is 83.2 Å². The lowest BCUT2D eigenvalue weighted by atomic mass is 10.2. The number of nitrogens with one attached hydrogen (secondary N) is 1.